The predicted molar refractivity (Wildman–Crippen MR) is 103 cm³/mol. The Hall–Kier alpha value is 0.784. The maximum absolute atomic E-state index is 2.48. The van der Waals surface area contributed by atoms with Crippen molar-refractivity contribution in [2.75, 3.05) is 11.5 Å². The Morgan fingerprint density at radius 3 is 1.11 bits per heavy atom. The summed E-state index contributed by atoms with van der Waals surface area (Å²) in [4.78, 5) is 0. The average Bonchev–Trinajstić information content (AvgIpc) is 1.98. The van der Waals surface area contributed by atoms with Crippen LogP contribution in [0.2, 0.25) is 51.4 Å². The molecular weight excluding hydrogens is 268 g/mol. The van der Waals surface area contributed by atoms with Crippen molar-refractivity contribution in [3.8, 4) is 0 Å². The number of hydrogen-bond acceptors (Lipinski definition) is 1. The SMILES string of the molecule is C.C.C.C[Si](C)(C)CCCSCCC[Si](C)(C)C. The first-order chi connectivity index (χ1) is 6.71. The second-order valence-corrected chi connectivity index (χ2v) is 19.4. The maximum atomic E-state index is 2.48. The Balaban J connectivity index is -0.000000327. The molecule has 0 atom stereocenters. The lowest BCUT2D eigenvalue weighted by atomic mass is 10.6. The zero-order chi connectivity index (χ0) is 11.9. The van der Waals surface area contributed by atoms with E-state index in [0.717, 1.165) is 0 Å². The summed E-state index contributed by atoms with van der Waals surface area (Å²) in [5.74, 6) is 2.80. The standard InChI is InChI=1S/C12H30SSi2.3CH4/c1-14(2,3)11-7-9-13-10-8-12-15(4,5)6;;;/h7-12H2,1-6H3;3*1H4. The van der Waals surface area contributed by atoms with Crippen LogP contribution >= 0.6 is 11.8 Å². The molecule has 0 aromatic heterocycles. The Morgan fingerprint density at radius 1 is 0.611 bits per heavy atom. The molecule has 0 spiro atoms. The van der Waals surface area contributed by atoms with Gasteiger partial charge in [0.05, 0.1) is 0 Å². The van der Waals surface area contributed by atoms with E-state index in [9.17, 15) is 0 Å². The molecule has 3 heteroatoms. The maximum Gasteiger partial charge on any atom is 0.0442 e. The largest absolute Gasteiger partial charge is 0.162 e. The van der Waals surface area contributed by atoms with E-state index in [1.54, 1.807) is 0 Å². The molecule has 0 aromatic rings. The fourth-order valence-electron chi connectivity index (χ4n) is 1.51. The third-order valence-corrected chi connectivity index (χ3v) is 7.29. The molecule has 0 heterocycles. The van der Waals surface area contributed by atoms with Crippen LogP contribution in [0.15, 0.2) is 0 Å². The number of rotatable bonds is 8. The van der Waals surface area contributed by atoms with E-state index in [0.29, 0.717) is 0 Å². The fraction of sp³-hybridized carbons (Fsp3) is 1.00. The van der Waals surface area contributed by atoms with E-state index in [4.69, 9.17) is 0 Å². The molecule has 0 saturated carbocycles. The minimum Gasteiger partial charge on any atom is -0.162 e. The average molecular weight is 311 g/mol. The molecule has 0 fully saturated rings. The molecule has 0 nitrogen and oxygen atoms in total. The van der Waals surface area contributed by atoms with E-state index in [1.165, 1.54) is 36.4 Å². The molecule has 0 N–H and O–H groups in total. The molecular formula is C15H42SSi2. The second kappa shape index (κ2) is 12.8. The molecule has 0 rings (SSSR count). The van der Waals surface area contributed by atoms with Crippen LogP contribution in [0.5, 0.6) is 0 Å². The number of thioether (sulfide) groups is 1. The summed E-state index contributed by atoms with van der Waals surface area (Å²) in [5, 5.41) is 0. The highest BCUT2D eigenvalue weighted by Crippen LogP contribution is 2.17. The lowest BCUT2D eigenvalue weighted by Crippen LogP contribution is -2.19. The summed E-state index contributed by atoms with van der Waals surface area (Å²) in [6, 6.07) is 3.02. The van der Waals surface area contributed by atoms with E-state index in [2.05, 4.69) is 51.0 Å². The molecule has 116 valence electrons. The Bertz CT molecular complexity index is 139. The van der Waals surface area contributed by atoms with Crippen molar-refractivity contribution < 1.29 is 0 Å². The van der Waals surface area contributed by atoms with E-state index < -0.39 is 16.1 Å². The topological polar surface area (TPSA) is 0 Å². The van der Waals surface area contributed by atoms with Gasteiger partial charge >= 0.3 is 0 Å². The molecule has 0 radical (unpaired) electrons. The van der Waals surface area contributed by atoms with Gasteiger partial charge in [-0.25, -0.2) is 0 Å². The summed E-state index contributed by atoms with van der Waals surface area (Å²) in [7, 11) is -1.52. The molecule has 0 aliphatic rings. The predicted octanol–water partition coefficient (Wildman–Crippen LogP) is 7.08. The van der Waals surface area contributed by atoms with Crippen molar-refractivity contribution in [1.29, 1.82) is 0 Å². The lowest BCUT2D eigenvalue weighted by Gasteiger charge is -2.16. The lowest BCUT2D eigenvalue weighted by molar-refractivity contribution is 1.04. The zero-order valence-electron chi connectivity index (χ0n) is 11.7. The van der Waals surface area contributed by atoms with Gasteiger partial charge in [0.2, 0.25) is 0 Å². The van der Waals surface area contributed by atoms with Crippen molar-refractivity contribution in [3.05, 3.63) is 0 Å². The highest BCUT2D eigenvalue weighted by molar-refractivity contribution is 7.99. The Kier molecular flexibility index (Phi) is 19.3. The molecule has 0 aliphatic carbocycles. The van der Waals surface area contributed by atoms with Crippen LogP contribution in [0, 0.1) is 0 Å². The van der Waals surface area contributed by atoms with Gasteiger partial charge in [0.25, 0.3) is 0 Å². The minimum atomic E-state index is -0.762. The molecule has 0 aliphatic heterocycles. The summed E-state index contributed by atoms with van der Waals surface area (Å²) >= 11 is 2.18. The molecule has 0 amide bonds. The molecule has 0 unspecified atom stereocenters. The first-order valence-electron chi connectivity index (χ1n) is 6.28. The van der Waals surface area contributed by atoms with Crippen molar-refractivity contribution >= 4 is 27.9 Å². The quantitative estimate of drug-likeness (QED) is 0.341. The van der Waals surface area contributed by atoms with Crippen LogP contribution in [0.1, 0.15) is 35.1 Å². The fourth-order valence-corrected chi connectivity index (χ4v) is 5.40. The van der Waals surface area contributed by atoms with Crippen LogP contribution in [0.25, 0.3) is 0 Å². The van der Waals surface area contributed by atoms with Gasteiger partial charge in [-0.15, -0.1) is 0 Å². The van der Waals surface area contributed by atoms with Crippen LogP contribution in [0.4, 0.5) is 0 Å². The van der Waals surface area contributed by atoms with Crippen molar-refractivity contribution in [1.82, 2.24) is 0 Å². The first kappa shape index (κ1) is 27.2. The third-order valence-electron chi connectivity index (χ3n) is 2.43. The van der Waals surface area contributed by atoms with Crippen LogP contribution in [-0.4, -0.2) is 27.7 Å². The third kappa shape index (κ3) is 25.6. The van der Waals surface area contributed by atoms with E-state index in [-0.39, 0.29) is 22.3 Å². The smallest absolute Gasteiger partial charge is 0.0442 e. The van der Waals surface area contributed by atoms with Crippen LogP contribution < -0.4 is 0 Å². The van der Waals surface area contributed by atoms with Gasteiger partial charge in [-0.05, 0) is 24.3 Å². The van der Waals surface area contributed by atoms with Crippen LogP contribution in [-0.2, 0) is 0 Å². The molecule has 18 heavy (non-hydrogen) atoms. The summed E-state index contributed by atoms with van der Waals surface area (Å²) < 4.78 is 0. The van der Waals surface area contributed by atoms with E-state index >= 15 is 0 Å². The van der Waals surface area contributed by atoms with Gasteiger partial charge < -0.3 is 0 Å². The van der Waals surface area contributed by atoms with Gasteiger partial charge in [-0.1, -0.05) is 73.7 Å². The van der Waals surface area contributed by atoms with Crippen molar-refractivity contribution in [2.24, 2.45) is 0 Å². The van der Waals surface area contributed by atoms with Gasteiger partial charge in [0.1, 0.15) is 0 Å². The van der Waals surface area contributed by atoms with Crippen molar-refractivity contribution in [2.45, 2.75) is 86.5 Å². The minimum absolute atomic E-state index is 0. The van der Waals surface area contributed by atoms with E-state index in [1.807, 2.05) is 0 Å². The van der Waals surface area contributed by atoms with Gasteiger partial charge in [0, 0.05) is 16.1 Å². The first-order valence-corrected chi connectivity index (χ1v) is 14.9. The summed E-state index contributed by atoms with van der Waals surface area (Å²) in [6.07, 6.45) is 2.90. The summed E-state index contributed by atoms with van der Waals surface area (Å²) in [6.45, 7) is 14.9. The number of hydrogen-bond donors (Lipinski definition) is 0. The molecule has 0 saturated heterocycles. The molecule has 0 aromatic carbocycles. The van der Waals surface area contributed by atoms with Crippen LogP contribution in [0.3, 0.4) is 0 Å². The Morgan fingerprint density at radius 2 is 0.889 bits per heavy atom. The highest BCUT2D eigenvalue weighted by atomic mass is 32.2. The summed E-state index contributed by atoms with van der Waals surface area (Å²) in [5.41, 5.74) is 0. The molecule has 0 bridgehead atoms. The van der Waals surface area contributed by atoms with Gasteiger partial charge in [-0.2, -0.15) is 11.8 Å². The normalized spacial score (nSPS) is 11.0. The van der Waals surface area contributed by atoms with Gasteiger partial charge in [0.15, 0.2) is 0 Å². The monoisotopic (exact) mass is 310 g/mol. The Labute approximate surface area is 126 Å². The highest BCUT2D eigenvalue weighted by Gasteiger charge is 2.12. The van der Waals surface area contributed by atoms with Gasteiger partial charge in [-0.3, -0.25) is 0 Å². The van der Waals surface area contributed by atoms with Crippen molar-refractivity contribution in [3.63, 3.8) is 0 Å². The second-order valence-electron chi connectivity index (χ2n) is 6.94. The zero-order valence-corrected chi connectivity index (χ0v) is 14.5.